The lowest BCUT2D eigenvalue weighted by Crippen LogP contribution is -2.38. The van der Waals surface area contributed by atoms with Crippen LogP contribution in [0.2, 0.25) is 0 Å². The highest BCUT2D eigenvalue weighted by Crippen LogP contribution is 2.41. The van der Waals surface area contributed by atoms with Crippen LogP contribution in [0.25, 0.3) is 0 Å². The molecular weight excluding hydrogens is 328 g/mol. The number of phenols is 1. The quantitative estimate of drug-likeness (QED) is 0.917. The van der Waals surface area contributed by atoms with Crippen LogP contribution in [0.15, 0.2) is 48.5 Å². The predicted octanol–water partition coefficient (Wildman–Crippen LogP) is 3.30. The van der Waals surface area contributed by atoms with Gasteiger partial charge >= 0.3 is 0 Å². The molecule has 2 unspecified atom stereocenters. The number of rotatable bonds is 4. The maximum Gasteiger partial charge on any atom is 0.241 e. The first kappa shape index (κ1) is 16.9. The Labute approximate surface area is 153 Å². The van der Waals surface area contributed by atoms with E-state index in [0.717, 1.165) is 36.9 Å². The average Bonchev–Trinajstić information content (AvgIpc) is 2.95. The van der Waals surface area contributed by atoms with E-state index in [1.165, 1.54) is 7.11 Å². The minimum absolute atomic E-state index is 0.0540. The fourth-order valence-corrected chi connectivity index (χ4v) is 4.19. The van der Waals surface area contributed by atoms with Crippen molar-refractivity contribution in [2.45, 2.75) is 38.0 Å². The van der Waals surface area contributed by atoms with Crippen LogP contribution >= 0.6 is 0 Å². The van der Waals surface area contributed by atoms with Gasteiger partial charge in [0.2, 0.25) is 5.91 Å². The first-order valence-electron chi connectivity index (χ1n) is 9.16. The number of nitrogens with zero attached hydrogens (tertiary/aromatic N) is 2. The molecule has 0 bridgehead atoms. The van der Waals surface area contributed by atoms with Crippen molar-refractivity contribution >= 4 is 5.91 Å². The van der Waals surface area contributed by atoms with Gasteiger partial charge in [-0.3, -0.25) is 9.69 Å². The second-order valence-electron chi connectivity index (χ2n) is 7.01. The van der Waals surface area contributed by atoms with Gasteiger partial charge in [-0.25, -0.2) is 0 Å². The Morgan fingerprint density at radius 1 is 1.15 bits per heavy atom. The minimum Gasteiger partial charge on any atom is -0.504 e. The van der Waals surface area contributed by atoms with Gasteiger partial charge in [-0.2, -0.15) is 0 Å². The van der Waals surface area contributed by atoms with Crippen LogP contribution in [0.5, 0.6) is 11.5 Å². The van der Waals surface area contributed by atoms with E-state index in [1.54, 1.807) is 12.1 Å². The largest absolute Gasteiger partial charge is 0.504 e. The molecule has 5 heteroatoms. The first-order valence-corrected chi connectivity index (χ1v) is 9.16. The van der Waals surface area contributed by atoms with Crippen LogP contribution in [-0.4, -0.2) is 40.5 Å². The van der Waals surface area contributed by atoms with E-state index in [1.807, 2.05) is 41.3 Å². The molecule has 0 radical (unpaired) electrons. The topological polar surface area (TPSA) is 53.0 Å². The second-order valence-corrected chi connectivity index (χ2v) is 7.01. The Kier molecular flexibility index (Phi) is 4.55. The number of piperidine rings is 1. The Morgan fingerprint density at radius 3 is 2.69 bits per heavy atom. The van der Waals surface area contributed by atoms with Gasteiger partial charge in [-0.05, 0) is 36.1 Å². The van der Waals surface area contributed by atoms with E-state index in [9.17, 15) is 9.90 Å². The molecular formula is C21H24N2O3. The van der Waals surface area contributed by atoms with E-state index in [2.05, 4.69) is 4.90 Å². The van der Waals surface area contributed by atoms with Crippen LogP contribution in [0.3, 0.4) is 0 Å². The van der Waals surface area contributed by atoms with E-state index in [4.69, 9.17) is 4.74 Å². The van der Waals surface area contributed by atoms with Gasteiger partial charge in [0.1, 0.15) is 6.17 Å². The third-order valence-electron chi connectivity index (χ3n) is 5.42. The SMILES string of the molecule is COc1ccc(C2N(Cc3ccccc3)C(=O)C3CCCCN32)cc1O. The zero-order valence-electron chi connectivity index (χ0n) is 15.0. The highest BCUT2D eigenvalue weighted by Gasteiger charge is 2.47. The lowest BCUT2D eigenvalue weighted by Gasteiger charge is -2.34. The Morgan fingerprint density at radius 2 is 1.96 bits per heavy atom. The summed E-state index contributed by atoms with van der Waals surface area (Å²) in [6.07, 6.45) is 2.95. The summed E-state index contributed by atoms with van der Waals surface area (Å²) in [6, 6.07) is 15.5. The maximum absolute atomic E-state index is 13.1. The second kappa shape index (κ2) is 7.00. The van der Waals surface area contributed by atoms with E-state index in [-0.39, 0.29) is 23.9 Å². The molecule has 0 aromatic heterocycles. The summed E-state index contributed by atoms with van der Waals surface area (Å²) in [5.74, 6) is 0.745. The standard InChI is InChI=1S/C21H24N2O3/c1-26-19-11-10-16(13-18(19)24)20-22-12-6-5-9-17(22)21(25)23(20)14-15-7-3-2-4-8-15/h2-4,7-8,10-11,13,17,20,24H,5-6,9,12,14H2,1H3. The third-order valence-corrected chi connectivity index (χ3v) is 5.42. The van der Waals surface area contributed by atoms with Crippen molar-refractivity contribution in [1.82, 2.24) is 9.80 Å². The maximum atomic E-state index is 13.1. The molecule has 2 aromatic carbocycles. The first-order chi connectivity index (χ1) is 12.7. The number of hydrogen-bond donors (Lipinski definition) is 1. The molecule has 2 aliphatic heterocycles. The normalized spacial score (nSPS) is 23.1. The molecule has 0 aliphatic carbocycles. The van der Waals surface area contributed by atoms with Crippen LogP contribution < -0.4 is 4.74 Å². The molecule has 2 fully saturated rings. The summed E-state index contributed by atoms with van der Waals surface area (Å²) in [5.41, 5.74) is 2.04. The van der Waals surface area contributed by atoms with Gasteiger partial charge in [0.05, 0.1) is 13.2 Å². The van der Waals surface area contributed by atoms with Crippen LogP contribution in [0.4, 0.5) is 0 Å². The number of ether oxygens (including phenoxy) is 1. The predicted molar refractivity (Wildman–Crippen MR) is 98.7 cm³/mol. The number of phenolic OH excluding ortho intramolecular Hbond substituents is 1. The van der Waals surface area contributed by atoms with Crippen molar-refractivity contribution < 1.29 is 14.6 Å². The summed E-state index contributed by atoms with van der Waals surface area (Å²) < 4.78 is 5.17. The number of aromatic hydroxyl groups is 1. The Hall–Kier alpha value is -2.53. The molecule has 2 atom stereocenters. The third kappa shape index (κ3) is 2.92. The number of fused-ring (bicyclic) bond motifs is 1. The number of carbonyl (C=O) groups is 1. The zero-order valence-corrected chi connectivity index (χ0v) is 15.0. The molecule has 4 rings (SSSR count). The fraction of sp³-hybridized carbons (Fsp3) is 0.381. The Balaban J connectivity index is 1.71. The van der Waals surface area contributed by atoms with Gasteiger partial charge in [0.15, 0.2) is 11.5 Å². The number of benzene rings is 2. The number of methoxy groups -OCH3 is 1. The van der Waals surface area contributed by atoms with Gasteiger partial charge in [0, 0.05) is 13.1 Å². The molecule has 1 amide bonds. The molecule has 2 aliphatic rings. The van der Waals surface area contributed by atoms with E-state index >= 15 is 0 Å². The fourth-order valence-electron chi connectivity index (χ4n) is 4.19. The van der Waals surface area contributed by atoms with Crippen LogP contribution in [-0.2, 0) is 11.3 Å². The van der Waals surface area contributed by atoms with Crippen LogP contribution in [0.1, 0.15) is 36.6 Å². The molecule has 2 aromatic rings. The average molecular weight is 352 g/mol. The van der Waals surface area contributed by atoms with Gasteiger partial charge in [-0.1, -0.05) is 42.8 Å². The summed E-state index contributed by atoms with van der Waals surface area (Å²) in [5, 5.41) is 10.2. The van der Waals surface area contributed by atoms with Crippen LogP contribution in [0, 0.1) is 0 Å². The highest BCUT2D eigenvalue weighted by atomic mass is 16.5. The summed E-state index contributed by atoms with van der Waals surface area (Å²) >= 11 is 0. The number of carbonyl (C=O) groups excluding carboxylic acids is 1. The lowest BCUT2D eigenvalue weighted by molar-refractivity contribution is -0.131. The van der Waals surface area contributed by atoms with Crippen molar-refractivity contribution in [3.05, 3.63) is 59.7 Å². The van der Waals surface area contributed by atoms with Crippen molar-refractivity contribution in [1.29, 1.82) is 0 Å². The van der Waals surface area contributed by atoms with Crippen molar-refractivity contribution in [2.75, 3.05) is 13.7 Å². The van der Waals surface area contributed by atoms with E-state index in [0.29, 0.717) is 12.3 Å². The summed E-state index contributed by atoms with van der Waals surface area (Å²) in [7, 11) is 1.54. The van der Waals surface area contributed by atoms with Gasteiger partial charge in [0.25, 0.3) is 0 Å². The molecule has 5 nitrogen and oxygen atoms in total. The lowest BCUT2D eigenvalue weighted by atomic mass is 10.0. The summed E-state index contributed by atoms with van der Waals surface area (Å²) in [4.78, 5) is 17.4. The molecule has 0 spiro atoms. The van der Waals surface area contributed by atoms with Crippen molar-refractivity contribution in [3.8, 4) is 11.5 Å². The molecule has 0 saturated carbocycles. The smallest absolute Gasteiger partial charge is 0.241 e. The summed E-state index contributed by atoms with van der Waals surface area (Å²) in [6.45, 7) is 1.48. The monoisotopic (exact) mass is 352 g/mol. The zero-order chi connectivity index (χ0) is 18.1. The molecule has 136 valence electrons. The molecule has 2 heterocycles. The van der Waals surface area contributed by atoms with Crippen molar-refractivity contribution in [2.24, 2.45) is 0 Å². The molecule has 2 saturated heterocycles. The highest BCUT2D eigenvalue weighted by molar-refractivity contribution is 5.84. The molecule has 1 N–H and O–H groups in total. The van der Waals surface area contributed by atoms with E-state index < -0.39 is 0 Å². The molecule has 26 heavy (non-hydrogen) atoms. The minimum atomic E-state index is -0.148. The van der Waals surface area contributed by atoms with Crippen molar-refractivity contribution in [3.63, 3.8) is 0 Å². The number of amides is 1. The van der Waals surface area contributed by atoms with Gasteiger partial charge < -0.3 is 14.7 Å². The van der Waals surface area contributed by atoms with Gasteiger partial charge in [-0.15, -0.1) is 0 Å². The Bertz CT molecular complexity index is 793. The number of hydrogen-bond acceptors (Lipinski definition) is 4.